The van der Waals surface area contributed by atoms with E-state index in [1.54, 1.807) is 0 Å². The van der Waals surface area contributed by atoms with Gasteiger partial charge in [0.1, 0.15) is 0 Å². The summed E-state index contributed by atoms with van der Waals surface area (Å²) in [5, 5.41) is 8.82. The Morgan fingerprint density at radius 2 is 1.75 bits per heavy atom. The molecule has 2 nitrogen and oxygen atoms in total. The van der Waals surface area contributed by atoms with Crippen LogP contribution >= 0.6 is 15.9 Å². The highest BCUT2D eigenvalue weighted by Crippen LogP contribution is 2.25. The van der Waals surface area contributed by atoms with Crippen LogP contribution in [0.5, 0.6) is 0 Å². The van der Waals surface area contributed by atoms with Gasteiger partial charge in [0.2, 0.25) is 0 Å². The molecule has 0 aliphatic carbocycles. The Hall–Kier alpha value is -1.53. The van der Waals surface area contributed by atoms with Crippen molar-refractivity contribution >= 4 is 15.9 Å². The summed E-state index contributed by atoms with van der Waals surface area (Å²) in [6, 6.07) is 11.9. The molecule has 1 heterocycles. The zero-order valence-electron chi connectivity index (χ0n) is 9.16. The number of hydrogen-bond donors (Lipinski definition) is 0. The zero-order chi connectivity index (χ0) is 11.7. The molecule has 0 atom stereocenters. The summed E-state index contributed by atoms with van der Waals surface area (Å²) in [4.78, 5) is 0. The highest BCUT2D eigenvalue weighted by Gasteiger charge is 2.07. The summed E-state index contributed by atoms with van der Waals surface area (Å²) >= 11 is 3.51. The number of aryl methyl sites for hydroxylation is 2. The van der Waals surface area contributed by atoms with Gasteiger partial charge in [-0.05, 0) is 60.1 Å². The molecule has 0 aliphatic heterocycles. The summed E-state index contributed by atoms with van der Waals surface area (Å²) in [6.45, 7) is 4.13. The number of halogens is 1. The summed E-state index contributed by atoms with van der Waals surface area (Å²) in [5.41, 5.74) is 4.10. The van der Waals surface area contributed by atoms with Gasteiger partial charge in [0.15, 0.2) is 0 Å². The van der Waals surface area contributed by atoms with E-state index in [0.717, 1.165) is 10.2 Å². The van der Waals surface area contributed by atoms with Crippen LogP contribution in [0.2, 0.25) is 0 Å². The van der Waals surface area contributed by atoms with Crippen molar-refractivity contribution in [1.82, 2.24) is 4.57 Å². The first kappa shape index (κ1) is 11.0. The Bertz CT molecular complexity index is 557. The van der Waals surface area contributed by atoms with Crippen molar-refractivity contribution in [1.29, 1.82) is 5.26 Å². The molecule has 0 fully saturated rings. The summed E-state index contributed by atoms with van der Waals surface area (Å²) in [7, 11) is 0. The standard InChI is InChI=1S/C13H11BrN2/c1-9-3-4-10(2)16(9)13-6-5-11(8-15)7-12(13)14/h3-7H,1-2H3. The third-order valence-electron chi connectivity index (χ3n) is 2.59. The molecule has 0 saturated carbocycles. The van der Waals surface area contributed by atoms with E-state index < -0.39 is 0 Å². The maximum Gasteiger partial charge on any atom is 0.0992 e. The van der Waals surface area contributed by atoms with E-state index >= 15 is 0 Å². The normalized spacial score (nSPS) is 10.1. The van der Waals surface area contributed by atoms with E-state index in [4.69, 9.17) is 5.26 Å². The highest BCUT2D eigenvalue weighted by molar-refractivity contribution is 9.10. The van der Waals surface area contributed by atoms with Gasteiger partial charge in [0, 0.05) is 15.9 Å². The molecule has 0 unspecified atom stereocenters. The molecule has 2 aromatic rings. The van der Waals surface area contributed by atoms with Crippen molar-refractivity contribution < 1.29 is 0 Å². The van der Waals surface area contributed by atoms with E-state index in [1.165, 1.54) is 11.4 Å². The Morgan fingerprint density at radius 3 is 2.25 bits per heavy atom. The Morgan fingerprint density at radius 1 is 1.12 bits per heavy atom. The van der Waals surface area contributed by atoms with E-state index in [-0.39, 0.29) is 0 Å². The highest BCUT2D eigenvalue weighted by atomic mass is 79.9. The lowest BCUT2D eigenvalue weighted by Crippen LogP contribution is -1.99. The number of hydrogen-bond acceptors (Lipinski definition) is 1. The van der Waals surface area contributed by atoms with Crippen molar-refractivity contribution in [2.24, 2.45) is 0 Å². The van der Waals surface area contributed by atoms with Gasteiger partial charge in [-0.25, -0.2) is 0 Å². The van der Waals surface area contributed by atoms with Gasteiger partial charge in [-0.1, -0.05) is 0 Å². The molecule has 0 aliphatic rings. The minimum absolute atomic E-state index is 0.665. The van der Waals surface area contributed by atoms with E-state index in [9.17, 15) is 0 Å². The quantitative estimate of drug-likeness (QED) is 0.779. The molecule has 0 spiro atoms. The van der Waals surface area contributed by atoms with Crippen LogP contribution in [0, 0.1) is 25.2 Å². The molecule has 80 valence electrons. The maximum absolute atomic E-state index is 8.82. The van der Waals surface area contributed by atoms with Crippen LogP contribution in [-0.4, -0.2) is 4.57 Å². The van der Waals surface area contributed by atoms with Gasteiger partial charge < -0.3 is 4.57 Å². The van der Waals surface area contributed by atoms with Gasteiger partial charge in [0.05, 0.1) is 17.3 Å². The second-order valence-electron chi connectivity index (χ2n) is 3.73. The first-order chi connectivity index (χ1) is 7.63. The fraction of sp³-hybridized carbons (Fsp3) is 0.154. The van der Waals surface area contributed by atoms with Crippen LogP contribution in [0.4, 0.5) is 0 Å². The molecule has 1 aromatic carbocycles. The fourth-order valence-corrected chi connectivity index (χ4v) is 2.36. The molecule has 0 saturated heterocycles. The fourth-order valence-electron chi connectivity index (χ4n) is 1.81. The molecule has 3 heteroatoms. The van der Waals surface area contributed by atoms with Crippen LogP contribution in [0.25, 0.3) is 5.69 Å². The third kappa shape index (κ3) is 1.77. The van der Waals surface area contributed by atoms with Gasteiger partial charge in [0.25, 0.3) is 0 Å². The lowest BCUT2D eigenvalue weighted by molar-refractivity contribution is 0.960. The SMILES string of the molecule is Cc1ccc(C)n1-c1ccc(C#N)cc1Br. The van der Waals surface area contributed by atoms with Crippen molar-refractivity contribution in [3.8, 4) is 11.8 Å². The van der Waals surface area contributed by atoms with Crippen LogP contribution < -0.4 is 0 Å². The second-order valence-corrected chi connectivity index (χ2v) is 4.58. The molecule has 2 rings (SSSR count). The molecular weight excluding hydrogens is 264 g/mol. The van der Waals surface area contributed by atoms with E-state index in [1.807, 2.05) is 18.2 Å². The molecule has 1 aromatic heterocycles. The third-order valence-corrected chi connectivity index (χ3v) is 3.22. The number of benzene rings is 1. The van der Waals surface area contributed by atoms with Crippen molar-refractivity contribution in [3.63, 3.8) is 0 Å². The lowest BCUT2D eigenvalue weighted by Gasteiger charge is -2.11. The second kappa shape index (κ2) is 4.15. The Kier molecular flexibility index (Phi) is 2.84. The van der Waals surface area contributed by atoms with Crippen LogP contribution in [0.15, 0.2) is 34.8 Å². The summed E-state index contributed by atoms with van der Waals surface area (Å²) in [6.07, 6.45) is 0. The first-order valence-electron chi connectivity index (χ1n) is 4.98. The molecule has 0 bridgehead atoms. The van der Waals surface area contributed by atoms with Crippen molar-refractivity contribution in [2.45, 2.75) is 13.8 Å². The summed E-state index contributed by atoms with van der Waals surface area (Å²) in [5.74, 6) is 0. The van der Waals surface area contributed by atoms with Gasteiger partial charge in [-0.15, -0.1) is 0 Å². The number of nitrogens with zero attached hydrogens (tertiary/aromatic N) is 2. The minimum Gasteiger partial charge on any atom is -0.317 e. The van der Waals surface area contributed by atoms with E-state index in [0.29, 0.717) is 5.56 Å². The van der Waals surface area contributed by atoms with Crippen LogP contribution in [0.3, 0.4) is 0 Å². The Balaban J connectivity index is 2.62. The van der Waals surface area contributed by atoms with Crippen LogP contribution in [-0.2, 0) is 0 Å². The molecule has 16 heavy (non-hydrogen) atoms. The maximum atomic E-state index is 8.82. The average molecular weight is 275 g/mol. The first-order valence-corrected chi connectivity index (χ1v) is 5.78. The number of aromatic nitrogens is 1. The zero-order valence-corrected chi connectivity index (χ0v) is 10.7. The average Bonchev–Trinajstić information content (AvgIpc) is 2.59. The number of nitriles is 1. The number of rotatable bonds is 1. The predicted molar refractivity (Wildman–Crippen MR) is 67.7 cm³/mol. The van der Waals surface area contributed by atoms with Crippen LogP contribution in [0.1, 0.15) is 17.0 Å². The van der Waals surface area contributed by atoms with Gasteiger partial charge >= 0.3 is 0 Å². The van der Waals surface area contributed by atoms with E-state index in [2.05, 4.69) is 52.5 Å². The van der Waals surface area contributed by atoms with Crippen molar-refractivity contribution in [3.05, 3.63) is 51.8 Å². The largest absolute Gasteiger partial charge is 0.317 e. The predicted octanol–water partition coefficient (Wildman–Crippen LogP) is 3.73. The smallest absolute Gasteiger partial charge is 0.0992 e. The van der Waals surface area contributed by atoms with Gasteiger partial charge in [-0.2, -0.15) is 5.26 Å². The molecule has 0 N–H and O–H groups in total. The topological polar surface area (TPSA) is 28.7 Å². The Labute approximate surface area is 103 Å². The molecular formula is C13H11BrN2. The summed E-state index contributed by atoms with van der Waals surface area (Å²) < 4.78 is 3.10. The minimum atomic E-state index is 0.665. The monoisotopic (exact) mass is 274 g/mol. The molecule has 0 radical (unpaired) electrons. The van der Waals surface area contributed by atoms with Gasteiger partial charge in [-0.3, -0.25) is 0 Å². The lowest BCUT2D eigenvalue weighted by atomic mass is 10.2. The van der Waals surface area contributed by atoms with Crippen molar-refractivity contribution in [2.75, 3.05) is 0 Å². The molecule has 0 amide bonds.